The Morgan fingerprint density at radius 1 is 1.05 bits per heavy atom. The van der Waals surface area contributed by atoms with Crippen LogP contribution in [0.2, 0.25) is 0 Å². The molecule has 1 heterocycles. The summed E-state index contributed by atoms with van der Waals surface area (Å²) in [5.41, 5.74) is 7.95. The molecule has 0 aliphatic carbocycles. The average molecular weight is 541 g/mol. The first-order valence-electron chi connectivity index (χ1n) is 10.3. The summed E-state index contributed by atoms with van der Waals surface area (Å²) >= 11 is 0. The largest absolute Gasteiger partial charge is 0.490 e. The Labute approximate surface area is 206 Å². The Morgan fingerprint density at radius 2 is 1.57 bits per heavy atom. The maximum Gasteiger partial charge on any atom is 0.490 e. The SMILES string of the molecule is CC(CC(=O)NC(N)=NCCCc1cnc[nH]1)c1ccccc1.O=C(O)C(F)(F)F.O=C(O)C(F)(F)F. The van der Waals surface area contributed by atoms with Gasteiger partial charge in [0.05, 0.1) is 6.33 Å². The number of hydrogen-bond donors (Lipinski definition) is 5. The first kappa shape index (κ1) is 32.9. The van der Waals surface area contributed by atoms with E-state index in [2.05, 4.69) is 20.3 Å². The highest BCUT2D eigenvalue weighted by Gasteiger charge is 2.38. The number of carboxylic acid groups (broad SMARTS) is 2. The summed E-state index contributed by atoms with van der Waals surface area (Å²) in [4.78, 5) is 40.9. The van der Waals surface area contributed by atoms with Crippen LogP contribution in [0.15, 0.2) is 47.8 Å². The number of aliphatic carboxylic acids is 2. The minimum Gasteiger partial charge on any atom is -0.475 e. The van der Waals surface area contributed by atoms with Gasteiger partial charge in [0.1, 0.15) is 0 Å². The number of guanidine groups is 1. The monoisotopic (exact) mass is 541 g/mol. The molecule has 0 radical (unpaired) electrons. The lowest BCUT2D eigenvalue weighted by molar-refractivity contribution is -0.193. The number of nitrogens with one attached hydrogen (secondary N) is 2. The third-order valence-corrected chi connectivity index (χ3v) is 4.05. The first-order valence-corrected chi connectivity index (χ1v) is 10.3. The maximum absolute atomic E-state index is 12.0. The molecule has 0 saturated heterocycles. The molecule has 1 amide bonds. The predicted octanol–water partition coefficient (Wildman–Crippen LogP) is 3.23. The lowest BCUT2D eigenvalue weighted by atomic mass is 9.98. The molecule has 37 heavy (non-hydrogen) atoms. The Bertz CT molecular complexity index is 971. The number of imidazole rings is 1. The fraction of sp³-hybridized carbons (Fsp3) is 0.381. The van der Waals surface area contributed by atoms with Gasteiger partial charge in [-0.15, -0.1) is 0 Å². The fourth-order valence-corrected chi connectivity index (χ4v) is 2.30. The van der Waals surface area contributed by atoms with Gasteiger partial charge in [0.2, 0.25) is 5.91 Å². The Hall–Kier alpha value is -4.11. The summed E-state index contributed by atoms with van der Waals surface area (Å²) in [5, 5.41) is 16.9. The number of nitrogens with two attached hydrogens (primary N) is 1. The van der Waals surface area contributed by atoms with E-state index in [4.69, 9.17) is 25.5 Å². The summed E-state index contributed by atoms with van der Waals surface area (Å²) < 4.78 is 63.5. The molecule has 206 valence electrons. The summed E-state index contributed by atoms with van der Waals surface area (Å²) in [6, 6.07) is 9.94. The fourth-order valence-electron chi connectivity index (χ4n) is 2.30. The van der Waals surface area contributed by atoms with Gasteiger partial charge in [0.25, 0.3) is 0 Å². The lowest BCUT2D eigenvalue weighted by Crippen LogP contribution is -2.37. The minimum absolute atomic E-state index is 0.115. The van der Waals surface area contributed by atoms with E-state index in [9.17, 15) is 31.1 Å². The van der Waals surface area contributed by atoms with Crippen LogP contribution < -0.4 is 11.1 Å². The number of aryl methyl sites for hydroxylation is 1. The number of hydrogen-bond acceptors (Lipinski definition) is 5. The van der Waals surface area contributed by atoms with Gasteiger partial charge in [0.15, 0.2) is 5.96 Å². The van der Waals surface area contributed by atoms with Crippen LogP contribution in [0.25, 0.3) is 0 Å². The number of nitrogens with zero attached hydrogens (tertiary/aromatic N) is 2. The molecule has 6 N–H and O–H groups in total. The highest BCUT2D eigenvalue weighted by molar-refractivity contribution is 5.96. The van der Waals surface area contributed by atoms with Crippen molar-refractivity contribution in [2.24, 2.45) is 10.7 Å². The number of carboxylic acids is 2. The van der Waals surface area contributed by atoms with Gasteiger partial charge in [-0.2, -0.15) is 26.3 Å². The Morgan fingerprint density at radius 3 is 2.00 bits per heavy atom. The molecule has 0 aliphatic heterocycles. The molecule has 0 saturated carbocycles. The van der Waals surface area contributed by atoms with E-state index in [1.807, 2.05) is 37.3 Å². The number of benzene rings is 1. The second kappa shape index (κ2) is 15.8. The van der Waals surface area contributed by atoms with Crippen LogP contribution in [-0.4, -0.2) is 62.9 Å². The van der Waals surface area contributed by atoms with Crippen molar-refractivity contribution in [2.75, 3.05) is 6.54 Å². The van der Waals surface area contributed by atoms with Crippen molar-refractivity contribution >= 4 is 23.8 Å². The average Bonchev–Trinajstić information content (AvgIpc) is 3.30. The molecular weight excluding hydrogens is 516 g/mol. The normalized spacial score (nSPS) is 12.2. The first-order chi connectivity index (χ1) is 17.0. The van der Waals surface area contributed by atoms with E-state index in [-0.39, 0.29) is 17.8 Å². The van der Waals surface area contributed by atoms with Crippen LogP contribution in [0, 0.1) is 0 Å². The molecule has 1 unspecified atom stereocenters. The number of aliphatic imine (C=N–C) groups is 1. The highest BCUT2D eigenvalue weighted by Crippen LogP contribution is 2.18. The van der Waals surface area contributed by atoms with Gasteiger partial charge in [-0.25, -0.2) is 14.6 Å². The topological polar surface area (TPSA) is 171 Å². The molecule has 10 nitrogen and oxygen atoms in total. The van der Waals surface area contributed by atoms with E-state index in [0.29, 0.717) is 13.0 Å². The lowest BCUT2D eigenvalue weighted by Gasteiger charge is -2.11. The molecule has 16 heteroatoms. The van der Waals surface area contributed by atoms with Gasteiger partial charge in [0, 0.05) is 24.9 Å². The molecule has 0 fully saturated rings. The van der Waals surface area contributed by atoms with Gasteiger partial charge >= 0.3 is 24.3 Å². The van der Waals surface area contributed by atoms with Crippen LogP contribution in [0.4, 0.5) is 26.3 Å². The molecule has 0 spiro atoms. The standard InChI is InChI=1S/C17H23N5O.2C2HF3O2/c1-13(14-6-3-2-4-7-14)10-16(23)22-17(18)20-9-5-8-15-11-19-12-21-15;2*3-2(4,5)1(6)7/h2-4,6-7,11-13H,5,8-10H2,1H3,(H,19,21)(H3,18,20,22,23);2*(H,6,7). The van der Waals surface area contributed by atoms with E-state index in [0.717, 1.165) is 24.1 Å². The number of rotatable bonds is 7. The van der Waals surface area contributed by atoms with Crippen LogP contribution >= 0.6 is 0 Å². The van der Waals surface area contributed by atoms with Crippen LogP contribution in [0.3, 0.4) is 0 Å². The number of H-pyrrole nitrogens is 1. The number of carbonyl (C=O) groups is 3. The zero-order chi connectivity index (χ0) is 28.6. The smallest absolute Gasteiger partial charge is 0.475 e. The summed E-state index contributed by atoms with van der Waals surface area (Å²) in [6.07, 6.45) is -4.63. The van der Waals surface area contributed by atoms with Crippen molar-refractivity contribution in [2.45, 2.75) is 44.5 Å². The zero-order valence-corrected chi connectivity index (χ0v) is 19.3. The van der Waals surface area contributed by atoms with E-state index < -0.39 is 24.3 Å². The third-order valence-electron chi connectivity index (χ3n) is 4.05. The van der Waals surface area contributed by atoms with Crippen molar-refractivity contribution in [3.63, 3.8) is 0 Å². The molecule has 1 aromatic carbocycles. The summed E-state index contributed by atoms with van der Waals surface area (Å²) in [5.74, 6) is -5.31. The van der Waals surface area contributed by atoms with Crippen molar-refractivity contribution in [3.8, 4) is 0 Å². The van der Waals surface area contributed by atoms with Crippen LogP contribution in [-0.2, 0) is 20.8 Å². The number of aromatic nitrogens is 2. The highest BCUT2D eigenvalue weighted by atomic mass is 19.4. The molecule has 2 rings (SSSR count). The Balaban J connectivity index is 0.000000761. The predicted molar refractivity (Wildman–Crippen MR) is 118 cm³/mol. The van der Waals surface area contributed by atoms with Gasteiger partial charge in [-0.3, -0.25) is 15.1 Å². The molecule has 1 atom stereocenters. The van der Waals surface area contributed by atoms with E-state index in [1.54, 1.807) is 12.5 Å². The van der Waals surface area contributed by atoms with Crippen LogP contribution in [0.1, 0.15) is 36.9 Å². The third kappa shape index (κ3) is 16.2. The molecule has 1 aromatic heterocycles. The molecule has 0 bridgehead atoms. The number of amides is 1. The molecule has 0 aliphatic rings. The van der Waals surface area contributed by atoms with Crippen molar-refractivity contribution in [1.29, 1.82) is 0 Å². The second-order valence-electron chi connectivity index (χ2n) is 7.12. The number of aromatic amines is 1. The van der Waals surface area contributed by atoms with Crippen molar-refractivity contribution < 1.29 is 50.9 Å². The number of alkyl halides is 6. The molecule has 2 aromatic rings. The zero-order valence-electron chi connectivity index (χ0n) is 19.3. The number of halogens is 6. The Kier molecular flexibility index (Phi) is 14.0. The number of carbonyl (C=O) groups excluding carboxylic acids is 1. The summed E-state index contributed by atoms with van der Waals surface area (Å²) in [6.45, 7) is 2.59. The van der Waals surface area contributed by atoms with E-state index >= 15 is 0 Å². The van der Waals surface area contributed by atoms with Crippen molar-refractivity contribution in [1.82, 2.24) is 15.3 Å². The van der Waals surface area contributed by atoms with Gasteiger partial charge in [-0.05, 0) is 24.3 Å². The van der Waals surface area contributed by atoms with Crippen LogP contribution in [0.5, 0.6) is 0 Å². The minimum atomic E-state index is -5.08. The molecular formula is C21H25F6N5O5. The summed E-state index contributed by atoms with van der Waals surface area (Å²) in [7, 11) is 0. The van der Waals surface area contributed by atoms with Crippen molar-refractivity contribution in [3.05, 3.63) is 54.1 Å². The second-order valence-corrected chi connectivity index (χ2v) is 7.12. The van der Waals surface area contributed by atoms with E-state index in [1.165, 1.54) is 0 Å². The van der Waals surface area contributed by atoms with Gasteiger partial charge < -0.3 is 20.9 Å². The maximum atomic E-state index is 12.0. The van der Waals surface area contributed by atoms with Gasteiger partial charge in [-0.1, -0.05) is 37.3 Å². The quantitative estimate of drug-likeness (QED) is 0.155.